The molecular formula is C18H21NOS. The minimum atomic E-state index is -0.0314. The van der Waals surface area contributed by atoms with Gasteiger partial charge in [-0.2, -0.15) is 0 Å². The molecule has 0 radical (unpaired) electrons. The van der Waals surface area contributed by atoms with Gasteiger partial charge in [-0.15, -0.1) is 11.8 Å². The summed E-state index contributed by atoms with van der Waals surface area (Å²) < 4.78 is 5.93. The maximum atomic E-state index is 6.60. The molecular weight excluding hydrogens is 278 g/mol. The van der Waals surface area contributed by atoms with Gasteiger partial charge in [-0.05, 0) is 31.5 Å². The van der Waals surface area contributed by atoms with Gasteiger partial charge in [0.1, 0.15) is 5.75 Å². The van der Waals surface area contributed by atoms with E-state index in [1.54, 1.807) is 0 Å². The van der Waals surface area contributed by atoms with E-state index in [1.807, 2.05) is 43.8 Å². The fourth-order valence-corrected chi connectivity index (χ4v) is 4.13. The Bertz CT molecular complexity index is 626. The summed E-state index contributed by atoms with van der Waals surface area (Å²) in [6.07, 6.45) is 0.156. The lowest BCUT2D eigenvalue weighted by molar-refractivity contribution is 0.238. The molecule has 1 aliphatic rings. The van der Waals surface area contributed by atoms with Crippen molar-refractivity contribution in [3.05, 3.63) is 59.7 Å². The summed E-state index contributed by atoms with van der Waals surface area (Å²) in [5, 5.41) is 0. The standard InChI is InChI=1S/C18H21NOS/c1-12(2)20-16-9-5-3-8-14(16)18(19)15-11-21-17-10-6-4-7-13(15)17/h3-10,12,15,18H,11,19H2,1-2H3. The molecule has 2 aromatic carbocycles. The van der Waals surface area contributed by atoms with Crippen molar-refractivity contribution in [3.63, 3.8) is 0 Å². The average molecular weight is 299 g/mol. The highest BCUT2D eigenvalue weighted by atomic mass is 32.2. The number of hydrogen-bond acceptors (Lipinski definition) is 3. The Morgan fingerprint density at radius 1 is 1.10 bits per heavy atom. The van der Waals surface area contributed by atoms with E-state index in [1.165, 1.54) is 10.5 Å². The number of para-hydroxylation sites is 1. The first kappa shape index (κ1) is 14.5. The van der Waals surface area contributed by atoms with Crippen LogP contribution in [0.25, 0.3) is 0 Å². The molecule has 0 amide bonds. The highest BCUT2D eigenvalue weighted by Gasteiger charge is 2.30. The number of benzene rings is 2. The fraction of sp³-hybridized carbons (Fsp3) is 0.333. The van der Waals surface area contributed by atoms with Gasteiger partial charge in [0.05, 0.1) is 6.10 Å². The zero-order chi connectivity index (χ0) is 14.8. The van der Waals surface area contributed by atoms with Crippen LogP contribution in [0.15, 0.2) is 53.4 Å². The predicted molar refractivity (Wildman–Crippen MR) is 89.0 cm³/mol. The number of thioether (sulfide) groups is 1. The molecule has 0 saturated heterocycles. The average Bonchev–Trinajstić information content (AvgIpc) is 2.90. The Hall–Kier alpha value is -1.45. The van der Waals surface area contributed by atoms with Crippen LogP contribution < -0.4 is 10.5 Å². The Morgan fingerprint density at radius 2 is 1.81 bits per heavy atom. The Labute approximate surface area is 130 Å². The molecule has 0 aliphatic carbocycles. The molecule has 0 spiro atoms. The molecule has 1 aliphatic heterocycles. The molecule has 2 unspecified atom stereocenters. The lowest BCUT2D eigenvalue weighted by Gasteiger charge is -2.23. The topological polar surface area (TPSA) is 35.2 Å². The molecule has 3 heteroatoms. The van der Waals surface area contributed by atoms with Crippen molar-refractivity contribution in [1.82, 2.24) is 0 Å². The summed E-state index contributed by atoms with van der Waals surface area (Å²) in [6.45, 7) is 4.09. The van der Waals surface area contributed by atoms with Crippen LogP contribution in [0.3, 0.4) is 0 Å². The van der Waals surface area contributed by atoms with Crippen LogP contribution in [-0.2, 0) is 0 Å². The first-order valence-corrected chi connectivity index (χ1v) is 8.38. The summed E-state index contributed by atoms with van der Waals surface area (Å²) >= 11 is 1.90. The van der Waals surface area contributed by atoms with Crippen LogP contribution in [0, 0.1) is 0 Å². The monoisotopic (exact) mass is 299 g/mol. The molecule has 0 aromatic heterocycles. The van der Waals surface area contributed by atoms with Crippen LogP contribution in [-0.4, -0.2) is 11.9 Å². The highest BCUT2D eigenvalue weighted by Crippen LogP contribution is 2.45. The fourth-order valence-electron chi connectivity index (χ4n) is 2.82. The van der Waals surface area contributed by atoms with Crippen molar-refractivity contribution in [3.8, 4) is 5.75 Å². The van der Waals surface area contributed by atoms with E-state index in [0.29, 0.717) is 5.92 Å². The minimum absolute atomic E-state index is 0.0314. The highest BCUT2D eigenvalue weighted by molar-refractivity contribution is 7.99. The maximum absolute atomic E-state index is 6.60. The van der Waals surface area contributed by atoms with Gasteiger partial charge in [0.2, 0.25) is 0 Å². The van der Waals surface area contributed by atoms with Gasteiger partial charge in [-0.1, -0.05) is 36.4 Å². The SMILES string of the molecule is CC(C)Oc1ccccc1C(N)C1CSc2ccccc21. The van der Waals surface area contributed by atoms with E-state index in [9.17, 15) is 0 Å². The summed E-state index contributed by atoms with van der Waals surface area (Å²) in [7, 11) is 0. The lowest BCUT2D eigenvalue weighted by atomic mass is 9.89. The number of fused-ring (bicyclic) bond motifs is 1. The van der Waals surface area contributed by atoms with E-state index >= 15 is 0 Å². The van der Waals surface area contributed by atoms with Crippen molar-refractivity contribution >= 4 is 11.8 Å². The van der Waals surface area contributed by atoms with Gasteiger partial charge in [0.15, 0.2) is 0 Å². The summed E-state index contributed by atoms with van der Waals surface area (Å²) in [5.74, 6) is 2.30. The summed E-state index contributed by atoms with van der Waals surface area (Å²) in [6, 6.07) is 16.7. The molecule has 2 N–H and O–H groups in total. The van der Waals surface area contributed by atoms with Crippen LogP contribution >= 0.6 is 11.8 Å². The molecule has 110 valence electrons. The number of ether oxygens (including phenoxy) is 1. The second-order valence-electron chi connectivity index (χ2n) is 5.69. The molecule has 1 heterocycles. The van der Waals surface area contributed by atoms with Crippen molar-refractivity contribution < 1.29 is 4.74 Å². The summed E-state index contributed by atoms with van der Waals surface area (Å²) in [5.41, 5.74) is 9.07. The first-order valence-electron chi connectivity index (χ1n) is 7.39. The van der Waals surface area contributed by atoms with Crippen molar-refractivity contribution in [2.24, 2.45) is 5.73 Å². The molecule has 21 heavy (non-hydrogen) atoms. The minimum Gasteiger partial charge on any atom is -0.491 e. The van der Waals surface area contributed by atoms with E-state index in [0.717, 1.165) is 17.1 Å². The second kappa shape index (κ2) is 6.12. The van der Waals surface area contributed by atoms with Crippen molar-refractivity contribution in [2.45, 2.75) is 36.8 Å². The normalized spacial score (nSPS) is 18.6. The summed E-state index contributed by atoms with van der Waals surface area (Å²) in [4.78, 5) is 1.36. The first-order chi connectivity index (χ1) is 10.2. The van der Waals surface area contributed by atoms with Gasteiger partial charge < -0.3 is 10.5 Å². The third-order valence-electron chi connectivity index (χ3n) is 3.81. The molecule has 3 rings (SSSR count). The van der Waals surface area contributed by atoms with E-state index in [-0.39, 0.29) is 12.1 Å². The smallest absolute Gasteiger partial charge is 0.124 e. The van der Waals surface area contributed by atoms with Gasteiger partial charge >= 0.3 is 0 Å². The number of hydrogen-bond donors (Lipinski definition) is 1. The van der Waals surface area contributed by atoms with Gasteiger partial charge in [-0.25, -0.2) is 0 Å². The predicted octanol–water partition coefficient (Wildman–Crippen LogP) is 4.36. The Balaban J connectivity index is 1.91. The Morgan fingerprint density at radius 3 is 2.62 bits per heavy atom. The lowest BCUT2D eigenvalue weighted by Crippen LogP contribution is -2.21. The molecule has 0 fully saturated rings. The zero-order valence-electron chi connectivity index (χ0n) is 12.5. The van der Waals surface area contributed by atoms with E-state index in [2.05, 4.69) is 30.3 Å². The van der Waals surface area contributed by atoms with Crippen LogP contribution in [0.1, 0.15) is 36.9 Å². The third kappa shape index (κ3) is 2.94. The Kier molecular flexibility index (Phi) is 4.22. The van der Waals surface area contributed by atoms with Crippen LogP contribution in [0.5, 0.6) is 5.75 Å². The van der Waals surface area contributed by atoms with Crippen LogP contribution in [0.2, 0.25) is 0 Å². The van der Waals surface area contributed by atoms with E-state index < -0.39 is 0 Å². The molecule has 2 atom stereocenters. The molecule has 0 bridgehead atoms. The van der Waals surface area contributed by atoms with Gasteiger partial charge in [-0.3, -0.25) is 0 Å². The number of rotatable bonds is 4. The van der Waals surface area contributed by atoms with Gasteiger partial charge in [0.25, 0.3) is 0 Å². The third-order valence-corrected chi connectivity index (χ3v) is 5.02. The largest absolute Gasteiger partial charge is 0.491 e. The van der Waals surface area contributed by atoms with Gasteiger partial charge in [0, 0.05) is 28.2 Å². The molecule has 2 aromatic rings. The second-order valence-corrected chi connectivity index (χ2v) is 6.75. The van der Waals surface area contributed by atoms with Crippen LogP contribution in [0.4, 0.5) is 0 Å². The zero-order valence-corrected chi connectivity index (χ0v) is 13.3. The maximum Gasteiger partial charge on any atom is 0.124 e. The molecule has 0 saturated carbocycles. The molecule has 2 nitrogen and oxygen atoms in total. The van der Waals surface area contributed by atoms with Crippen molar-refractivity contribution in [1.29, 1.82) is 0 Å². The van der Waals surface area contributed by atoms with Crippen molar-refractivity contribution in [2.75, 3.05) is 5.75 Å². The van der Waals surface area contributed by atoms with E-state index in [4.69, 9.17) is 10.5 Å². The quantitative estimate of drug-likeness (QED) is 0.911. The number of nitrogens with two attached hydrogens (primary N) is 1.